The first-order chi connectivity index (χ1) is 8.83. The van der Waals surface area contributed by atoms with Crippen molar-refractivity contribution in [1.29, 1.82) is 0 Å². The molecule has 1 aliphatic rings. The molecule has 1 aromatic rings. The maximum atomic E-state index is 12.5. The number of hydrogen-bond donors (Lipinski definition) is 0. The van der Waals surface area contributed by atoms with Crippen LogP contribution in [0.3, 0.4) is 0 Å². The van der Waals surface area contributed by atoms with Gasteiger partial charge in [-0.25, -0.2) is 0 Å². The molecule has 1 aliphatic carbocycles. The highest BCUT2D eigenvalue weighted by atomic mass is 16.1. The molecule has 0 saturated carbocycles. The van der Waals surface area contributed by atoms with Gasteiger partial charge < -0.3 is 0 Å². The summed E-state index contributed by atoms with van der Waals surface area (Å²) in [6, 6.07) is 9.72. The van der Waals surface area contributed by atoms with Crippen molar-refractivity contribution in [3.8, 4) is 0 Å². The van der Waals surface area contributed by atoms with Crippen LogP contribution in [0.25, 0.3) is 0 Å². The number of ketones is 1. The first-order valence-corrected chi connectivity index (χ1v) is 7.13. The van der Waals surface area contributed by atoms with Crippen LogP contribution in [0.1, 0.15) is 62.2 Å². The molecule has 1 nitrogen and oxygen atoms in total. The molecule has 0 unspecified atom stereocenters. The summed E-state index contributed by atoms with van der Waals surface area (Å²) in [5, 5.41) is 0. The van der Waals surface area contributed by atoms with E-state index in [0.717, 1.165) is 30.4 Å². The summed E-state index contributed by atoms with van der Waals surface area (Å²) in [7, 11) is 0. The summed E-state index contributed by atoms with van der Waals surface area (Å²) in [6.07, 6.45) is 8.07. The van der Waals surface area contributed by atoms with Crippen molar-refractivity contribution in [3.05, 3.63) is 47.0 Å². The molecule has 18 heavy (non-hydrogen) atoms. The van der Waals surface area contributed by atoms with Crippen LogP contribution >= 0.6 is 0 Å². The predicted octanol–water partition coefficient (Wildman–Crippen LogP) is 4.93. The Morgan fingerprint density at radius 3 is 2.56 bits per heavy atom. The molecule has 1 heteroatoms. The van der Waals surface area contributed by atoms with Gasteiger partial charge in [-0.2, -0.15) is 0 Å². The van der Waals surface area contributed by atoms with Gasteiger partial charge in [0.15, 0.2) is 5.78 Å². The summed E-state index contributed by atoms with van der Waals surface area (Å²) in [5.41, 5.74) is 3.39. The van der Waals surface area contributed by atoms with Crippen molar-refractivity contribution in [2.75, 3.05) is 0 Å². The number of rotatable bonds is 5. The van der Waals surface area contributed by atoms with Gasteiger partial charge in [0.2, 0.25) is 0 Å². The fourth-order valence-electron chi connectivity index (χ4n) is 2.67. The third-order valence-electron chi connectivity index (χ3n) is 3.72. The van der Waals surface area contributed by atoms with Gasteiger partial charge in [-0.3, -0.25) is 4.79 Å². The van der Waals surface area contributed by atoms with Crippen LogP contribution < -0.4 is 0 Å². The molecule has 0 radical (unpaired) electrons. The summed E-state index contributed by atoms with van der Waals surface area (Å²) >= 11 is 0. The highest BCUT2D eigenvalue weighted by Gasteiger charge is 2.19. The van der Waals surface area contributed by atoms with E-state index in [4.69, 9.17) is 0 Å². The zero-order valence-corrected chi connectivity index (χ0v) is 11.2. The lowest BCUT2D eigenvalue weighted by Gasteiger charge is -2.19. The molecule has 0 saturated heterocycles. The van der Waals surface area contributed by atoms with Crippen molar-refractivity contribution < 1.29 is 4.79 Å². The predicted molar refractivity (Wildman–Crippen MR) is 75.8 cm³/mol. The second kappa shape index (κ2) is 6.53. The van der Waals surface area contributed by atoms with E-state index in [1.807, 2.05) is 30.3 Å². The van der Waals surface area contributed by atoms with Crippen LogP contribution in [0.2, 0.25) is 0 Å². The quantitative estimate of drug-likeness (QED) is 0.669. The molecule has 0 atom stereocenters. The molecule has 0 fully saturated rings. The number of allylic oxidation sites excluding steroid dienone is 2. The van der Waals surface area contributed by atoms with Crippen molar-refractivity contribution in [1.82, 2.24) is 0 Å². The Hall–Kier alpha value is -1.37. The number of carbonyl (C=O) groups is 1. The van der Waals surface area contributed by atoms with Gasteiger partial charge in [-0.1, -0.05) is 49.2 Å². The zero-order chi connectivity index (χ0) is 12.8. The Labute approximate surface area is 110 Å². The molecule has 0 spiro atoms. The Morgan fingerprint density at radius 2 is 1.83 bits per heavy atom. The van der Waals surface area contributed by atoms with E-state index < -0.39 is 0 Å². The number of hydrogen-bond acceptors (Lipinski definition) is 1. The Balaban J connectivity index is 2.22. The number of carbonyl (C=O) groups excluding carboxylic acids is 1. The smallest absolute Gasteiger partial charge is 0.188 e. The first kappa shape index (κ1) is 13.1. The van der Waals surface area contributed by atoms with Crippen LogP contribution in [0, 0.1) is 0 Å². The summed E-state index contributed by atoms with van der Waals surface area (Å²) in [4.78, 5) is 12.5. The molecular weight excluding hydrogens is 220 g/mol. The van der Waals surface area contributed by atoms with Crippen LogP contribution in [-0.2, 0) is 0 Å². The minimum atomic E-state index is 0.265. The summed E-state index contributed by atoms with van der Waals surface area (Å²) in [6.45, 7) is 2.21. The van der Waals surface area contributed by atoms with E-state index in [0.29, 0.717) is 0 Å². The van der Waals surface area contributed by atoms with Crippen molar-refractivity contribution in [2.24, 2.45) is 0 Å². The van der Waals surface area contributed by atoms with E-state index in [2.05, 4.69) is 6.92 Å². The van der Waals surface area contributed by atoms with E-state index in [1.165, 1.54) is 31.3 Å². The van der Waals surface area contributed by atoms with Crippen LogP contribution in [0.15, 0.2) is 41.5 Å². The van der Waals surface area contributed by atoms with Gasteiger partial charge in [0.05, 0.1) is 0 Å². The van der Waals surface area contributed by atoms with Gasteiger partial charge in [0, 0.05) is 5.56 Å². The fraction of sp³-hybridized carbons (Fsp3) is 0.471. The Morgan fingerprint density at radius 1 is 1.11 bits per heavy atom. The molecule has 0 aliphatic heterocycles. The Bertz CT molecular complexity index is 428. The minimum absolute atomic E-state index is 0.265. The van der Waals surface area contributed by atoms with Crippen LogP contribution in [0.4, 0.5) is 0 Å². The zero-order valence-electron chi connectivity index (χ0n) is 11.2. The molecule has 96 valence electrons. The second-order valence-corrected chi connectivity index (χ2v) is 5.09. The van der Waals surface area contributed by atoms with Gasteiger partial charge in [-0.05, 0) is 44.1 Å². The lowest BCUT2D eigenvalue weighted by Crippen LogP contribution is -2.10. The highest BCUT2D eigenvalue weighted by molar-refractivity contribution is 6.09. The molecule has 0 heterocycles. The lowest BCUT2D eigenvalue weighted by molar-refractivity contribution is 0.102. The molecule has 0 N–H and O–H groups in total. The maximum absolute atomic E-state index is 12.5. The molecule has 2 rings (SSSR count). The van der Waals surface area contributed by atoms with Crippen LogP contribution in [0.5, 0.6) is 0 Å². The number of unbranched alkanes of at least 4 members (excludes halogenated alkanes) is 1. The van der Waals surface area contributed by atoms with Gasteiger partial charge in [-0.15, -0.1) is 0 Å². The number of Topliss-reactive ketones (excluding diaryl/α,β-unsaturated/α-hetero) is 1. The van der Waals surface area contributed by atoms with Gasteiger partial charge in [0.25, 0.3) is 0 Å². The average Bonchev–Trinajstić information content (AvgIpc) is 2.45. The molecule has 0 bridgehead atoms. The third kappa shape index (κ3) is 3.10. The van der Waals surface area contributed by atoms with E-state index in [1.54, 1.807) is 0 Å². The van der Waals surface area contributed by atoms with Crippen molar-refractivity contribution in [2.45, 2.75) is 51.9 Å². The topological polar surface area (TPSA) is 17.1 Å². The SMILES string of the molecule is CCCCC1=C(C(=O)c2ccccc2)CCCC1. The van der Waals surface area contributed by atoms with Crippen LogP contribution in [-0.4, -0.2) is 5.78 Å². The van der Waals surface area contributed by atoms with E-state index in [-0.39, 0.29) is 5.78 Å². The minimum Gasteiger partial charge on any atom is -0.289 e. The largest absolute Gasteiger partial charge is 0.289 e. The molecular formula is C17H22O. The average molecular weight is 242 g/mol. The third-order valence-corrected chi connectivity index (χ3v) is 3.72. The monoisotopic (exact) mass is 242 g/mol. The van der Waals surface area contributed by atoms with E-state index >= 15 is 0 Å². The van der Waals surface area contributed by atoms with Gasteiger partial charge in [0.1, 0.15) is 0 Å². The summed E-state index contributed by atoms with van der Waals surface area (Å²) < 4.78 is 0. The fourth-order valence-corrected chi connectivity index (χ4v) is 2.67. The maximum Gasteiger partial charge on any atom is 0.188 e. The first-order valence-electron chi connectivity index (χ1n) is 7.13. The normalized spacial score (nSPS) is 15.8. The summed E-state index contributed by atoms with van der Waals surface area (Å²) in [5.74, 6) is 0.265. The molecule has 0 aromatic heterocycles. The standard InChI is InChI=1S/C17H22O/c1-2-3-9-14-10-7-8-13-16(14)17(18)15-11-5-4-6-12-15/h4-6,11-12H,2-3,7-10,13H2,1H3. The molecule has 0 amide bonds. The lowest BCUT2D eigenvalue weighted by atomic mass is 9.85. The van der Waals surface area contributed by atoms with E-state index in [9.17, 15) is 4.79 Å². The van der Waals surface area contributed by atoms with Crippen molar-refractivity contribution in [3.63, 3.8) is 0 Å². The molecule has 1 aromatic carbocycles. The second-order valence-electron chi connectivity index (χ2n) is 5.09. The van der Waals surface area contributed by atoms with Crippen molar-refractivity contribution >= 4 is 5.78 Å². The Kier molecular flexibility index (Phi) is 4.74. The van der Waals surface area contributed by atoms with Gasteiger partial charge >= 0.3 is 0 Å². The number of benzene rings is 1. The highest BCUT2D eigenvalue weighted by Crippen LogP contribution is 2.30.